The summed E-state index contributed by atoms with van der Waals surface area (Å²) >= 11 is 11.5. The zero-order valence-corrected chi connectivity index (χ0v) is 9.64. The van der Waals surface area contributed by atoms with Gasteiger partial charge in [-0.1, -0.05) is 30.1 Å². The molecule has 0 N–H and O–H groups in total. The number of rotatable bonds is 3. The third kappa shape index (κ3) is 2.95. The minimum Gasteiger partial charge on any atom is -0.294 e. The molecule has 0 aliphatic rings. The van der Waals surface area contributed by atoms with Gasteiger partial charge in [-0.2, -0.15) is 5.26 Å². The second kappa shape index (κ2) is 5.16. The molecule has 0 aliphatic carbocycles. The van der Waals surface area contributed by atoms with Gasteiger partial charge in [-0.25, -0.2) is 0 Å². The number of hydrogen-bond donors (Lipinski definition) is 0. The third-order valence-corrected chi connectivity index (χ3v) is 2.79. The Morgan fingerprint density at radius 2 is 2.13 bits per heavy atom. The van der Waals surface area contributed by atoms with Crippen molar-refractivity contribution in [1.29, 1.82) is 5.26 Å². The van der Waals surface area contributed by atoms with Crippen LogP contribution in [0, 0.1) is 17.2 Å². The fourth-order valence-corrected chi connectivity index (χ4v) is 1.46. The number of carbonyl (C=O) groups is 1. The van der Waals surface area contributed by atoms with Crippen molar-refractivity contribution in [2.75, 3.05) is 0 Å². The van der Waals surface area contributed by atoms with Crippen molar-refractivity contribution in [2.45, 2.75) is 13.3 Å². The van der Waals surface area contributed by atoms with Crippen molar-refractivity contribution in [1.82, 2.24) is 0 Å². The Kier molecular flexibility index (Phi) is 4.14. The fourth-order valence-electron chi connectivity index (χ4n) is 1.16. The number of nitriles is 1. The van der Waals surface area contributed by atoms with Crippen molar-refractivity contribution in [3.63, 3.8) is 0 Å². The van der Waals surface area contributed by atoms with Crippen LogP contribution in [0.3, 0.4) is 0 Å². The zero-order valence-electron chi connectivity index (χ0n) is 8.13. The summed E-state index contributed by atoms with van der Waals surface area (Å²) in [5.41, 5.74) is 0.493. The van der Waals surface area contributed by atoms with Crippen LogP contribution in [0.4, 0.5) is 0 Å². The largest absolute Gasteiger partial charge is 0.294 e. The van der Waals surface area contributed by atoms with Gasteiger partial charge in [0.25, 0.3) is 0 Å². The Morgan fingerprint density at radius 1 is 1.47 bits per heavy atom. The summed E-state index contributed by atoms with van der Waals surface area (Å²) in [6.07, 6.45) is 0.207. The van der Waals surface area contributed by atoms with E-state index in [-0.39, 0.29) is 18.1 Å². The molecular formula is C11H9Cl2NO. The van der Waals surface area contributed by atoms with Gasteiger partial charge >= 0.3 is 0 Å². The lowest BCUT2D eigenvalue weighted by Gasteiger charge is -2.06. The molecule has 0 spiro atoms. The van der Waals surface area contributed by atoms with Crippen molar-refractivity contribution in [3.05, 3.63) is 33.8 Å². The summed E-state index contributed by atoms with van der Waals surface area (Å²) in [7, 11) is 0. The summed E-state index contributed by atoms with van der Waals surface area (Å²) in [5, 5.41) is 9.25. The Morgan fingerprint density at radius 3 is 2.67 bits per heavy atom. The molecule has 0 aromatic heterocycles. The van der Waals surface area contributed by atoms with Crippen LogP contribution in [0.25, 0.3) is 0 Å². The summed E-state index contributed by atoms with van der Waals surface area (Å²) in [4.78, 5) is 11.7. The number of ketones is 1. The maximum Gasteiger partial charge on any atom is 0.166 e. The van der Waals surface area contributed by atoms with Crippen LogP contribution in [0.1, 0.15) is 23.7 Å². The molecule has 0 saturated carbocycles. The molecule has 1 atom stereocenters. The van der Waals surface area contributed by atoms with Gasteiger partial charge in [-0.05, 0) is 18.2 Å². The molecule has 1 aromatic carbocycles. The molecule has 0 heterocycles. The highest BCUT2D eigenvalue weighted by Crippen LogP contribution is 2.24. The molecule has 0 fully saturated rings. The van der Waals surface area contributed by atoms with Gasteiger partial charge in [0.1, 0.15) is 0 Å². The second-order valence-electron chi connectivity index (χ2n) is 3.26. The summed E-state index contributed by atoms with van der Waals surface area (Å²) in [6.45, 7) is 1.72. The van der Waals surface area contributed by atoms with E-state index in [0.717, 1.165) is 0 Å². The van der Waals surface area contributed by atoms with Gasteiger partial charge in [-0.3, -0.25) is 4.79 Å². The lowest BCUT2D eigenvalue weighted by Crippen LogP contribution is -2.10. The van der Waals surface area contributed by atoms with E-state index in [1.165, 1.54) is 6.07 Å². The maximum atomic E-state index is 11.7. The first kappa shape index (κ1) is 12.0. The third-order valence-electron chi connectivity index (χ3n) is 2.05. The zero-order chi connectivity index (χ0) is 11.4. The number of Topliss-reactive ketones (excluding diaryl/α,β-unsaturated/α-hetero) is 1. The van der Waals surface area contributed by atoms with E-state index in [0.29, 0.717) is 15.6 Å². The summed E-state index contributed by atoms with van der Waals surface area (Å²) < 4.78 is 0. The van der Waals surface area contributed by atoms with E-state index in [2.05, 4.69) is 0 Å². The molecule has 0 amide bonds. The van der Waals surface area contributed by atoms with Crippen molar-refractivity contribution in [3.8, 4) is 6.07 Å². The molecule has 1 unspecified atom stereocenters. The van der Waals surface area contributed by atoms with Crippen LogP contribution in [0.5, 0.6) is 0 Å². The smallest absolute Gasteiger partial charge is 0.166 e. The molecule has 15 heavy (non-hydrogen) atoms. The van der Waals surface area contributed by atoms with E-state index in [9.17, 15) is 4.79 Å². The first-order chi connectivity index (χ1) is 7.06. The molecule has 4 heteroatoms. The minimum atomic E-state index is -0.313. The molecule has 78 valence electrons. The topological polar surface area (TPSA) is 40.9 Å². The van der Waals surface area contributed by atoms with Crippen LogP contribution < -0.4 is 0 Å². The molecule has 2 nitrogen and oxygen atoms in total. The maximum absolute atomic E-state index is 11.7. The Bertz CT molecular complexity index is 423. The van der Waals surface area contributed by atoms with E-state index in [4.69, 9.17) is 28.5 Å². The minimum absolute atomic E-state index is 0.0879. The Balaban J connectivity index is 2.93. The van der Waals surface area contributed by atoms with Crippen molar-refractivity contribution in [2.24, 2.45) is 5.92 Å². The molecule has 0 bridgehead atoms. The van der Waals surface area contributed by atoms with Crippen LogP contribution in [0.2, 0.25) is 10.0 Å². The van der Waals surface area contributed by atoms with E-state index >= 15 is 0 Å². The van der Waals surface area contributed by atoms with Gasteiger partial charge in [0.2, 0.25) is 0 Å². The van der Waals surface area contributed by atoms with Gasteiger partial charge in [0, 0.05) is 17.9 Å². The highest BCUT2D eigenvalue weighted by atomic mass is 35.5. The number of hydrogen-bond acceptors (Lipinski definition) is 2. The number of carbonyl (C=O) groups excluding carboxylic acids is 1. The lowest BCUT2D eigenvalue weighted by molar-refractivity contribution is 0.0932. The summed E-state index contributed by atoms with van der Waals surface area (Å²) in [6, 6.07) is 6.69. The predicted octanol–water partition coefficient (Wildman–Crippen LogP) is 3.73. The average Bonchev–Trinajstić information content (AvgIpc) is 2.21. The second-order valence-corrected chi connectivity index (χ2v) is 4.07. The number of nitrogens with zero attached hydrogens (tertiary/aromatic N) is 1. The normalized spacial score (nSPS) is 11.9. The molecule has 0 aliphatic heterocycles. The number of benzene rings is 1. The lowest BCUT2D eigenvalue weighted by atomic mass is 9.97. The van der Waals surface area contributed by atoms with Crippen molar-refractivity contribution >= 4 is 29.0 Å². The van der Waals surface area contributed by atoms with Crippen LogP contribution in [-0.4, -0.2) is 5.78 Å². The van der Waals surface area contributed by atoms with Crippen molar-refractivity contribution < 1.29 is 4.79 Å². The predicted molar refractivity (Wildman–Crippen MR) is 60.2 cm³/mol. The monoisotopic (exact) mass is 241 g/mol. The standard InChI is InChI=1S/C11H9Cl2NO/c1-7(4-5-14)11(15)8-2-3-9(12)10(13)6-8/h2-3,6-7H,4H2,1H3. The molecular weight excluding hydrogens is 233 g/mol. The molecule has 0 saturated heterocycles. The highest BCUT2D eigenvalue weighted by molar-refractivity contribution is 6.42. The van der Waals surface area contributed by atoms with Gasteiger partial charge in [0.15, 0.2) is 5.78 Å². The van der Waals surface area contributed by atoms with Gasteiger partial charge in [0.05, 0.1) is 16.1 Å². The quantitative estimate of drug-likeness (QED) is 0.757. The Labute approximate surface area is 98.4 Å². The van der Waals surface area contributed by atoms with E-state index in [1.54, 1.807) is 19.1 Å². The fraction of sp³-hybridized carbons (Fsp3) is 0.273. The van der Waals surface area contributed by atoms with Gasteiger partial charge < -0.3 is 0 Å². The van der Waals surface area contributed by atoms with Crippen LogP contribution in [-0.2, 0) is 0 Å². The van der Waals surface area contributed by atoms with Crippen LogP contribution in [0.15, 0.2) is 18.2 Å². The number of halogens is 2. The first-order valence-electron chi connectivity index (χ1n) is 4.42. The Hall–Kier alpha value is -1.04. The SMILES string of the molecule is CC(CC#N)C(=O)c1ccc(Cl)c(Cl)c1. The van der Waals surface area contributed by atoms with Gasteiger partial charge in [-0.15, -0.1) is 0 Å². The molecule has 0 radical (unpaired) electrons. The molecule has 1 aromatic rings. The highest BCUT2D eigenvalue weighted by Gasteiger charge is 2.15. The molecule has 1 rings (SSSR count). The first-order valence-corrected chi connectivity index (χ1v) is 5.18. The van der Waals surface area contributed by atoms with E-state index < -0.39 is 0 Å². The average molecular weight is 242 g/mol. The summed E-state index contributed by atoms with van der Waals surface area (Å²) in [5.74, 6) is -0.401. The van der Waals surface area contributed by atoms with E-state index in [1.807, 2.05) is 6.07 Å². The van der Waals surface area contributed by atoms with Crippen LogP contribution >= 0.6 is 23.2 Å².